The highest BCUT2D eigenvalue weighted by molar-refractivity contribution is 7.15. The van der Waals surface area contributed by atoms with E-state index < -0.39 is 0 Å². The topological polar surface area (TPSA) is 83.3 Å². The van der Waals surface area contributed by atoms with Crippen LogP contribution >= 0.6 is 11.3 Å². The van der Waals surface area contributed by atoms with Gasteiger partial charge in [0.25, 0.3) is 0 Å². The van der Waals surface area contributed by atoms with Gasteiger partial charge in [-0.15, -0.1) is 0 Å². The minimum absolute atomic E-state index is 0.000751. The van der Waals surface area contributed by atoms with Gasteiger partial charge in [0.05, 0.1) is 6.54 Å². The van der Waals surface area contributed by atoms with Gasteiger partial charge >= 0.3 is 0 Å². The van der Waals surface area contributed by atoms with Crippen molar-refractivity contribution >= 4 is 22.4 Å². The highest BCUT2D eigenvalue weighted by Crippen LogP contribution is 2.17. The fourth-order valence-electron chi connectivity index (χ4n) is 1.09. The van der Waals surface area contributed by atoms with E-state index in [1.807, 2.05) is 11.9 Å². The van der Waals surface area contributed by atoms with Crippen LogP contribution in [0.5, 0.6) is 0 Å². The first-order chi connectivity index (χ1) is 7.15. The van der Waals surface area contributed by atoms with Crippen molar-refractivity contribution in [3.8, 4) is 0 Å². The highest BCUT2D eigenvalue weighted by atomic mass is 32.1. The van der Waals surface area contributed by atoms with Gasteiger partial charge in [0.1, 0.15) is 0 Å². The van der Waals surface area contributed by atoms with Crippen LogP contribution in [0.1, 0.15) is 4.88 Å². The lowest BCUT2D eigenvalue weighted by Gasteiger charge is -2.13. The maximum atomic E-state index is 11.1. The number of hydrogen-bond acceptors (Lipinski definition) is 6. The van der Waals surface area contributed by atoms with Gasteiger partial charge in [0.15, 0.2) is 5.13 Å². The van der Waals surface area contributed by atoms with Crippen LogP contribution in [-0.4, -0.2) is 36.4 Å². The monoisotopic (exact) mass is 229 g/mol. The van der Waals surface area contributed by atoms with E-state index in [2.05, 4.69) is 15.7 Å². The molecule has 1 amide bonds. The van der Waals surface area contributed by atoms with E-state index >= 15 is 0 Å². The number of amides is 1. The Morgan fingerprint density at radius 1 is 1.73 bits per heavy atom. The zero-order valence-corrected chi connectivity index (χ0v) is 9.60. The van der Waals surface area contributed by atoms with Crippen molar-refractivity contribution in [2.45, 2.75) is 6.54 Å². The zero-order chi connectivity index (χ0) is 11.3. The van der Waals surface area contributed by atoms with E-state index in [0.29, 0.717) is 18.2 Å². The Morgan fingerprint density at radius 3 is 3.00 bits per heavy atom. The molecule has 1 heterocycles. The molecule has 0 atom stereocenters. The molecule has 15 heavy (non-hydrogen) atoms. The number of anilines is 1. The van der Waals surface area contributed by atoms with Crippen LogP contribution in [0.3, 0.4) is 0 Å². The zero-order valence-electron chi connectivity index (χ0n) is 8.78. The molecule has 0 aliphatic rings. The molecule has 7 heteroatoms. The second kappa shape index (κ2) is 5.64. The number of likely N-dealkylation sites (N-methyl/N-ethyl adjacent to an activating group) is 2. The van der Waals surface area contributed by atoms with Crippen LogP contribution in [0.2, 0.25) is 0 Å². The van der Waals surface area contributed by atoms with Crippen molar-refractivity contribution in [1.82, 2.24) is 15.2 Å². The standard InChI is InChI=1S/C8H15N5OS/c1-10-7(14)5-13(2)4-6-3-11-8(12-9)15-6/h3H,4-5,9H2,1-2H3,(H,10,14)(H,11,12). The van der Waals surface area contributed by atoms with Crippen molar-refractivity contribution in [2.75, 3.05) is 26.1 Å². The van der Waals surface area contributed by atoms with Crippen LogP contribution in [0.15, 0.2) is 6.20 Å². The van der Waals surface area contributed by atoms with Crippen LogP contribution in [0, 0.1) is 0 Å². The second-order valence-corrected chi connectivity index (χ2v) is 4.24. The van der Waals surface area contributed by atoms with E-state index in [-0.39, 0.29) is 5.91 Å². The minimum Gasteiger partial charge on any atom is -0.358 e. The quantitative estimate of drug-likeness (QED) is 0.473. The van der Waals surface area contributed by atoms with Gasteiger partial charge in [-0.3, -0.25) is 15.1 Å². The van der Waals surface area contributed by atoms with E-state index in [0.717, 1.165) is 4.88 Å². The third-order valence-electron chi connectivity index (χ3n) is 1.80. The van der Waals surface area contributed by atoms with Crippen molar-refractivity contribution in [3.63, 3.8) is 0 Å². The molecule has 1 aromatic rings. The molecular weight excluding hydrogens is 214 g/mol. The molecule has 0 saturated carbocycles. The largest absolute Gasteiger partial charge is 0.358 e. The average molecular weight is 229 g/mol. The van der Waals surface area contributed by atoms with E-state index in [1.54, 1.807) is 13.2 Å². The third kappa shape index (κ3) is 3.82. The molecule has 1 aromatic heterocycles. The first kappa shape index (κ1) is 11.9. The Hall–Kier alpha value is -1.18. The van der Waals surface area contributed by atoms with Crippen molar-refractivity contribution < 1.29 is 4.79 Å². The fraction of sp³-hybridized carbons (Fsp3) is 0.500. The van der Waals surface area contributed by atoms with Gasteiger partial charge in [0, 0.05) is 24.7 Å². The fourth-order valence-corrected chi connectivity index (χ4v) is 1.90. The summed E-state index contributed by atoms with van der Waals surface area (Å²) in [5.74, 6) is 5.22. The summed E-state index contributed by atoms with van der Waals surface area (Å²) in [6, 6.07) is 0. The lowest BCUT2D eigenvalue weighted by atomic mass is 10.4. The predicted octanol–water partition coefficient (Wildman–Crippen LogP) is -0.394. The summed E-state index contributed by atoms with van der Waals surface area (Å²) in [6.45, 7) is 1.06. The summed E-state index contributed by atoms with van der Waals surface area (Å²) < 4.78 is 0. The lowest BCUT2D eigenvalue weighted by molar-refractivity contribution is -0.121. The third-order valence-corrected chi connectivity index (χ3v) is 2.71. The molecular formula is C8H15N5OS. The Kier molecular flexibility index (Phi) is 4.47. The Morgan fingerprint density at radius 2 is 2.47 bits per heavy atom. The predicted molar refractivity (Wildman–Crippen MR) is 60.3 cm³/mol. The molecule has 0 aliphatic heterocycles. The van der Waals surface area contributed by atoms with E-state index in [1.165, 1.54) is 11.3 Å². The lowest BCUT2D eigenvalue weighted by Crippen LogP contribution is -2.32. The molecule has 0 radical (unpaired) electrons. The number of hydrogen-bond donors (Lipinski definition) is 3. The average Bonchev–Trinajstić information content (AvgIpc) is 2.65. The highest BCUT2D eigenvalue weighted by Gasteiger charge is 2.07. The number of carbonyl (C=O) groups is 1. The maximum absolute atomic E-state index is 11.1. The number of nitrogen functional groups attached to an aromatic ring is 1. The first-order valence-corrected chi connectivity index (χ1v) is 5.27. The van der Waals surface area contributed by atoms with Crippen molar-refractivity contribution in [1.29, 1.82) is 0 Å². The number of hydrazine groups is 1. The number of thiazole rings is 1. The molecule has 0 spiro atoms. The molecule has 0 aliphatic carbocycles. The summed E-state index contributed by atoms with van der Waals surface area (Å²) in [5, 5.41) is 3.25. The summed E-state index contributed by atoms with van der Waals surface area (Å²) in [4.78, 5) is 18.1. The minimum atomic E-state index is -0.000751. The van der Waals surface area contributed by atoms with Crippen molar-refractivity contribution in [3.05, 3.63) is 11.1 Å². The number of rotatable bonds is 5. The second-order valence-electron chi connectivity index (χ2n) is 3.12. The van der Waals surface area contributed by atoms with E-state index in [9.17, 15) is 4.79 Å². The van der Waals surface area contributed by atoms with Gasteiger partial charge in [-0.25, -0.2) is 10.8 Å². The van der Waals surface area contributed by atoms with Crippen LogP contribution in [0.25, 0.3) is 0 Å². The number of aromatic nitrogens is 1. The SMILES string of the molecule is CNC(=O)CN(C)Cc1cnc(NN)s1. The first-order valence-electron chi connectivity index (χ1n) is 4.46. The number of nitrogens with one attached hydrogen (secondary N) is 2. The molecule has 6 nitrogen and oxygen atoms in total. The number of carbonyl (C=O) groups excluding carboxylic acids is 1. The van der Waals surface area contributed by atoms with Crippen molar-refractivity contribution in [2.24, 2.45) is 5.84 Å². The summed E-state index contributed by atoms with van der Waals surface area (Å²) >= 11 is 1.48. The normalized spacial score (nSPS) is 10.4. The van der Waals surface area contributed by atoms with Crippen LogP contribution < -0.4 is 16.6 Å². The Labute approximate surface area is 92.4 Å². The Balaban J connectivity index is 2.43. The number of nitrogens with zero attached hydrogens (tertiary/aromatic N) is 2. The molecule has 0 saturated heterocycles. The van der Waals surface area contributed by atoms with Gasteiger partial charge in [-0.2, -0.15) is 0 Å². The van der Waals surface area contributed by atoms with Gasteiger partial charge < -0.3 is 5.32 Å². The van der Waals surface area contributed by atoms with Crippen LogP contribution in [-0.2, 0) is 11.3 Å². The van der Waals surface area contributed by atoms with Gasteiger partial charge in [0.2, 0.25) is 5.91 Å². The van der Waals surface area contributed by atoms with E-state index in [4.69, 9.17) is 5.84 Å². The van der Waals surface area contributed by atoms with Crippen LogP contribution in [0.4, 0.5) is 5.13 Å². The molecule has 4 N–H and O–H groups in total. The molecule has 0 bridgehead atoms. The molecule has 0 fully saturated rings. The summed E-state index contributed by atoms with van der Waals surface area (Å²) in [5.41, 5.74) is 2.48. The molecule has 0 unspecified atom stereocenters. The maximum Gasteiger partial charge on any atom is 0.233 e. The molecule has 0 aromatic carbocycles. The molecule has 1 rings (SSSR count). The number of nitrogens with two attached hydrogens (primary N) is 1. The summed E-state index contributed by atoms with van der Waals surface area (Å²) in [7, 11) is 3.50. The Bertz CT molecular complexity index is 327. The smallest absolute Gasteiger partial charge is 0.233 e. The van der Waals surface area contributed by atoms with Gasteiger partial charge in [-0.05, 0) is 7.05 Å². The molecule has 84 valence electrons. The van der Waals surface area contributed by atoms with Gasteiger partial charge in [-0.1, -0.05) is 11.3 Å². The summed E-state index contributed by atoms with van der Waals surface area (Å²) in [6.07, 6.45) is 1.75.